The molecular formula is C13H5BrF4O. The van der Waals surface area contributed by atoms with Crippen molar-refractivity contribution in [1.82, 2.24) is 0 Å². The van der Waals surface area contributed by atoms with E-state index in [0.717, 1.165) is 18.2 Å². The number of benzene rings is 2. The average Bonchev–Trinajstić information content (AvgIpc) is 2.33. The van der Waals surface area contributed by atoms with Crippen LogP contribution in [0.1, 0.15) is 15.9 Å². The summed E-state index contributed by atoms with van der Waals surface area (Å²) in [6.45, 7) is 0. The zero-order valence-electron chi connectivity index (χ0n) is 9.18. The molecule has 0 saturated carbocycles. The van der Waals surface area contributed by atoms with Crippen LogP contribution in [-0.4, -0.2) is 5.78 Å². The zero-order valence-corrected chi connectivity index (χ0v) is 10.8. The zero-order chi connectivity index (χ0) is 14.2. The monoisotopic (exact) mass is 332 g/mol. The Morgan fingerprint density at radius 2 is 1.47 bits per heavy atom. The molecule has 0 atom stereocenters. The first-order chi connectivity index (χ1) is 8.90. The van der Waals surface area contributed by atoms with Gasteiger partial charge in [-0.05, 0) is 40.2 Å². The van der Waals surface area contributed by atoms with Crippen molar-refractivity contribution in [2.75, 3.05) is 0 Å². The second-order valence-electron chi connectivity index (χ2n) is 3.70. The lowest BCUT2D eigenvalue weighted by Gasteiger charge is -2.06. The summed E-state index contributed by atoms with van der Waals surface area (Å²) < 4.78 is 52.3. The van der Waals surface area contributed by atoms with Crippen LogP contribution in [0.2, 0.25) is 0 Å². The SMILES string of the molecule is O=C(c1cc(F)c(F)cc1F)c1ccc(F)cc1Br. The molecule has 0 N–H and O–H groups in total. The lowest BCUT2D eigenvalue weighted by atomic mass is 10.0. The van der Waals surface area contributed by atoms with Gasteiger partial charge in [0.05, 0.1) is 5.56 Å². The first kappa shape index (κ1) is 13.7. The molecule has 98 valence electrons. The Hall–Kier alpha value is -1.69. The van der Waals surface area contributed by atoms with E-state index in [1.807, 2.05) is 0 Å². The van der Waals surface area contributed by atoms with Gasteiger partial charge in [0.25, 0.3) is 0 Å². The molecule has 0 aliphatic heterocycles. The lowest BCUT2D eigenvalue weighted by Crippen LogP contribution is -2.07. The summed E-state index contributed by atoms with van der Waals surface area (Å²) in [4.78, 5) is 12.0. The van der Waals surface area contributed by atoms with Crippen molar-refractivity contribution in [2.24, 2.45) is 0 Å². The standard InChI is InChI=1S/C13H5BrF4O/c14-9-3-6(15)1-2-7(9)13(19)8-4-11(17)12(18)5-10(8)16/h1-5H. The maximum Gasteiger partial charge on any atom is 0.197 e. The molecule has 2 rings (SSSR count). The Labute approximate surface area is 114 Å². The normalized spacial score (nSPS) is 10.6. The van der Waals surface area contributed by atoms with Crippen LogP contribution in [0.25, 0.3) is 0 Å². The maximum atomic E-state index is 13.5. The van der Waals surface area contributed by atoms with Crippen molar-refractivity contribution in [1.29, 1.82) is 0 Å². The second-order valence-corrected chi connectivity index (χ2v) is 4.55. The maximum absolute atomic E-state index is 13.5. The molecule has 2 aromatic carbocycles. The van der Waals surface area contributed by atoms with E-state index in [9.17, 15) is 22.4 Å². The Bertz CT molecular complexity index is 670. The molecule has 0 aliphatic carbocycles. The van der Waals surface area contributed by atoms with Crippen LogP contribution >= 0.6 is 15.9 Å². The van der Waals surface area contributed by atoms with Gasteiger partial charge in [0.2, 0.25) is 0 Å². The minimum atomic E-state index is -1.38. The Kier molecular flexibility index (Phi) is 3.71. The molecule has 0 aromatic heterocycles. The van der Waals surface area contributed by atoms with Crippen LogP contribution in [-0.2, 0) is 0 Å². The molecule has 19 heavy (non-hydrogen) atoms. The van der Waals surface area contributed by atoms with E-state index in [1.54, 1.807) is 0 Å². The van der Waals surface area contributed by atoms with Gasteiger partial charge in [-0.3, -0.25) is 4.79 Å². The van der Waals surface area contributed by atoms with Gasteiger partial charge in [-0.15, -0.1) is 0 Å². The lowest BCUT2D eigenvalue weighted by molar-refractivity contribution is 0.103. The first-order valence-electron chi connectivity index (χ1n) is 5.04. The van der Waals surface area contributed by atoms with Crippen molar-refractivity contribution in [3.8, 4) is 0 Å². The molecule has 0 saturated heterocycles. The minimum absolute atomic E-state index is 0.0497. The molecule has 0 bridgehead atoms. The molecule has 0 spiro atoms. The summed E-state index contributed by atoms with van der Waals surface area (Å²) in [6, 6.07) is 3.92. The van der Waals surface area contributed by atoms with E-state index in [2.05, 4.69) is 15.9 Å². The van der Waals surface area contributed by atoms with Crippen LogP contribution in [0.4, 0.5) is 17.6 Å². The summed E-state index contributed by atoms with van der Waals surface area (Å²) in [5, 5.41) is 0. The number of ketones is 1. The van der Waals surface area contributed by atoms with Gasteiger partial charge in [0.1, 0.15) is 11.6 Å². The van der Waals surface area contributed by atoms with E-state index in [0.29, 0.717) is 12.1 Å². The summed E-state index contributed by atoms with van der Waals surface area (Å²) in [5.41, 5.74) is -0.669. The van der Waals surface area contributed by atoms with Crippen LogP contribution in [0.15, 0.2) is 34.8 Å². The fraction of sp³-hybridized carbons (Fsp3) is 0. The highest BCUT2D eigenvalue weighted by molar-refractivity contribution is 9.10. The van der Waals surface area contributed by atoms with Gasteiger partial charge in [-0.25, -0.2) is 17.6 Å². The Morgan fingerprint density at radius 3 is 2.11 bits per heavy atom. The van der Waals surface area contributed by atoms with E-state index in [1.165, 1.54) is 0 Å². The molecule has 0 heterocycles. The molecule has 1 nitrogen and oxygen atoms in total. The van der Waals surface area contributed by atoms with Gasteiger partial charge < -0.3 is 0 Å². The molecule has 2 aromatic rings. The van der Waals surface area contributed by atoms with E-state index >= 15 is 0 Å². The smallest absolute Gasteiger partial charge is 0.197 e. The van der Waals surface area contributed by atoms with Crippen molar-refractivity contribution < 1.29 is 22.4 Å². The molecule has 0 unspecified atom stereocenters. The Morgan fingerprint density at radius 1 is 0.842 bits per heavy atom. The predicted molar refractivity (Wildman–Crippen MR) is 63.8 cm³/mol. The number of hydrogen-bond acceptors (Lipinski definition) is 1. The molecule has 0 fully saturated rings. The average molecular weight is 333 g/mol. The van der Waals surface area contributed by atoms with E-state index < -0.39 is 34.6 Å². The summed E-state index contributed by atoms with van der Waals surface area (Å²) in [5.74, 6) is -5.35. The fourth-order valence-corrected chi connectivity index (χ4v) is 2.05. The third-order valence-corrected chi connectivity index (χ3v) is 3.09. The second kappa shape index (κ2) is 5.13. The van der Waals surface area contributed by atoms with Crippen molar-refractivity contribution in [3.63, 3.8) is 0 Å². The molecule has 0 radical (unpaired) electrons. The minimum Gasteiger partial charge on any atom is -0.288 e. The van der Waals surface area contributed by atoms with Crippen molar-refractivity contribution >= 4 is 21.7 Å². The van der Waals surface area contributed by atoms with Crippen LogP contribution in [0.3, 0.4) is 0 Å². The highest BCUT2D eigenvalue weighted by Crippen LogP contribution is 2.23. The summed E-state index contributed by atoms with van der Waals surface area (Å²) in [6.07, 6.45) is 0. The first-order valence-corrected chi connectivity index (χ1v) is 5.83. The van der Waals surface area contributed by atoms with Crippen LogP contribution < -0.4 is 0 Å². The summed E-state index contributed by atoms with van der Waals surface area (Å²) in [7, 11) is 0. The van der Waals surface area contributed by atoms with Crippen molar-refractivity contribution in [3.05, 3.63) is 69.2 Å². The molecule has 0 aliphatic rings. The van der Waals surface area contributed by atoms with E-state index in [4.69, 9.17) is 0 Å². The number of carbonyl (C=O) groups is 1. The highest BCUT2D eigenvalue weighted by Gasteiger charge is 2.19. The highest BCUT2D eigenvalue weighted by atomic mass is 79.9. The molecular weight excluding hydrogens is 328 g/mol. The van der Waals surface area contributed by atoms with Gasteiger partial charge in [-0.1, -0.05) is 0 Å². The topological polar surface area (TPSA) is 17.1 Å². The number of hydrogen-bond donors (Lipinski definition) is 0. The Balaban J connectivity index is 2.53. The molecule has 6 heteroatoms. The summed E-state index contributed by atoms with van der Waals surface area (Å²) >= 11 is 2.95. The number of rotatable bonds is 2. The molecule has 0 amide bonds. The van der Waals surface area contributed by atoms with Crippen molar-refractivity contribution in [2.45, 2.75) is 0 Å². The van der Waals surface area contributed by atoms with Crippen LogP contribution in [0, 0.1) is 23.3 Å². The third kappa shape index (κ3) is 2.68. The van der Waals surface area contributed by atoms with Crippen LogP contribution in [0.5, 0.6) is 0 Å². The quantitative estimate of drug-likeness (QED) is 0.457. The van der Waals surface area contributed by atoms with E-state index in [-0.39, 0.29) is 10.0 Å². The van der Waals surface area contributed by atoms with Gasteiger partial charge in [-0.2, -0.15) is 0 Å². The van der Waals surface area contributed by atoms with Gasteiger partial charge in [0, 0.05) is 16.1 Å². The number of halogens is 5. The fourth-order valence-electron chi connectivity index (χ4n) is 1.52. The third-order valence-electron chi connectivity index (χ3n) is 2.43. The van der Waals surface area contributed by atoms with Gasteiger partial charge in [0.15, 0.2) is 17.4 Å². The van der Waals surface area contributed by atoms with Gasteiger partial charge >= 0.3 is 0 Å². The number of carbonyl (C=O) groups excluding carboxylic acids is 1. The largest absolute Gasteiger partial charge is 0.288 e. The predicted octanol–water partition coefficient (Wildman–Crippen LogP) is 4.24.